The first-order chi connectivity index (χ1) is 9.83. The molecule has 0 radical (unpaired) electrons. The lowest BCUT2D eigenvalue weighted by Gasteiger charge is -2.39. The molecular weight excluding hydrogens is 248 g/mol. The van der Waals surface area contributed by atoms with Crippen molar-refractivity contribution < 1.29 is 0 Å². The van der Waals surface area contributed by atoms with Gasteiger partial charge in [-0.3, -0.25) is 0 Å². The molecule has 1 aromatic carbocycles. The van der Waals surface area contributed by atoms with Crippen molar-refractivity contribution >= 4 is 16.7 Å². The van der Waals surface area contributed by atoms with Crippen LogP contribution in [0.5, 0.6) is 0 Å². The summed E-state index contributed by atoms with van der Waals surface area (Å²) in [6, 6.07) is 12.7. The molecule has 4 heteroatoms. The topological polar surface area (TPSA) is 52.0 Å². The van der Waals surface area contributed by atoms with Gasteiger partial charge in [0.2, 0.25) is 0 Å². The fourth-order valence-electron chi connectivity index (χ4n) is 2.60. The Labute approximate surface area is 119 Å². The average molecular weight is 266 g/mol. The summed E-state index contributed by atoms with van der Waals surface area (Å²) in [5, 5.41) is 13.8. The number of nitrogens with one attached hydrogen (secondary N) is 1. The van der Waals surface area contributed by atoms with Crippen molar-refractivity contribution in [3.8, 4) is 6.07 Å². The highest BCUT2D eigenvalue weighted by atomic mass is 15.3. The highest BCUT2D eigenvalue weighted by Gasteiger charge is 2.27. The summed E-state index contributed by atoms with van der Waals surface area (Å²) in [4.78, 5) is 7.02. The number of para-hydroxylation sites is 1. The first-order valence-electron chi connectivity index (χ1n) is 7.10. The Kier molecular flexibility index (Phi) is 3.53. The van der Waals surface area contributed by atoms with Gasteiger partial charge in [-0.25, -0.2) is 4.98 Å². The summed E-state index contributed by atoms with van der Waals surface area (Å²) in [5.74, 6) is 0.833. The number of rotatable bonds is 4. The van der Waals surface area contributed by atoms with Crippen molar-refractivity contribution in [2.24, 2.45) is 0 Å². The van der Waals surface area contributed by atoms with E-state index in [4.69, 9.17) is 4.98 Å². The van der Waals surface area contributed by atoms with Gasteiger partial charge in [0.15, 0.2) is 0 Å². The summed E-state index contributed by atoms with van der Waals surface area (Å²) >= 11 is 0. The van der Waals surface area contributed by atoms with Crippen LogP contribution in [0.15, 0.2) is 30.3 Å². The van der Waals surface area contributed by atoms with E-state index in [0.29, 0.717) is 11.6 Å². The number of pyridine rings is 1. The van der Waals surface area contributed by atoms with Crippen molar-refractivity contribution in [1.82, 2.24) is 10.3 Å². The molecule has 0 spiro atoms. The molecule has 1 fully saturated rings. The summed E-state index contributed by atoms with van der Waals surface area (Å²) in [7, 11) is 0. The Balaban J connectivity index is 2.09. The molecule has 1 N–H and O–H groups in total. The molecule has 3 rings (SSSR count). The van der Waals surface area contributed by atoms with Crippen LogP contribution >= 0.6 is 0 Å². The molecule has 0 amide bonds. The molecule has 1 saturated heterocycles. The lowest BCUT2D eigenvalue weighted by Crippen LogP contribution is -2.58. The van der Waals surface area contributed by atoms with E-state index in [-0.39, 0.29) is 0 Å². The molecule has 2 aromatic rings. The van der Waals surface area contributed by atoms with Gasteiger partial charge in [-0.05, 0) is 18.6 Å². The van der Waals surface area contributed by atoms with Crippen LogP contribution in [0.1, 0.15) is 18.9 Å². The van der Waals surface area contributed by atoms with Crippen LogP contribution in [0.2, 0.25) is 0 Å². The number of fused-ring (bicyclic) bond motifs is 1. The van der Waals surface area contributed by atoms with Gasteiger partial charge in [0.05, 0.1) is 17.1 Å². The van der Waals surface area contributed by atoms with E-state index < -0.39 is 0 Å². The number of aromatic nitrogens is 1. The second-order valence-electron chi connectivity index (χ2n) is 5.17. The Morgan fingerprint density at radius 2 is 2.20 bits per heavy atom. The maximum atomic E-state index is 9.44. The zero-order chi connectivity index (χ0) is 13.9. The number of anilines is 1. The molecule has 1 aromatic heterocycles. The second kappa shape index (κ2) is 5.48. The predicted octanol–water partition coefficient (Wildman–Crippen LogP) is 2.29. The zero-order valence-corrected chi connectivity index (χ0v) is 11.6. The number of hydrogen-bond acceptors (Lipinski definition) is 4. The number of hydrogen-bond donors (Lipinski definition) is 1. The number of benzene rings is 1. The maximum absolute atomic E-state index is 9.44. The summed E-state index contributed by atoms with van der Waals surface area (Å²) in [5.41, 5.74) is 1.62. The lowest BCUT2D eigenvalue weighted by atomic mass is 10.1. The third kappa shape index (κ3) is 2.21. The minimum absolute atomic E-state index is 0.454. The minimum atomic E-state index is 0.454. The quantitative estimate of drug-likeness (QED) is 0.922. The summed E-state index contributed by atoms with van der Waals surface area (Å²) in [6.07, 6.45) is 1.05. The van der Waals surface area contributed by atoms with Crippen LogP contribution in [-0.2, 0) is 0 Å². The van der Waals surface area contributed by atoms with Crippen LogP contribution in [0, 0.1) is 11.3 Å². The maximum Gasteiger partial charge on any atom is 0.147 e. The molecule has 20 heavy (non-hydrogen) atoms. The van der Waals surface area contributed by atoms with Crippen molar-refractivity contribution in [1.29, 1.82) is 5.26 Å². The number of nitriles is 1. The largest absolute Gasteiger partial charge is 0.350 e. The fraction of sp³-hybridized carbons (Fsp3) is 0.375. The molecule has 0 aliphatic carbocycles. The van der Waals surface area contributed by atoms with Crippen molar-refractivity contribution in [2.45, 2.75) is 19.4 Å². The Bertz CT molecular complexity index is 655. The van der Waals surface area contributed by atoms with Crippen LogP contribution < -0.4 is 10.2 Å². The van der Waals surface area contributed by atoms with Gasteiger partial charge in [-0.1, -0.05) is 25.1 Å². The molecule has 0 saturated carbocycles. The lowest BCUT2D eigenvalue weighted by molar-refractivity contribution is 0.410. The van der Waals surface area contributed by atoms with Gasteiger partial charge in [0.1, 0.15) is 11.9 Å². The van der Waals surface area contributed by atoms with E-state index >= 15 is 0 Å². The summed E-state index contributed by atoms with van der Waals surface area (Å²) in [6.45, 7) is 5.04. The van der Waals surface area contributed by atoms with Crippen molar-refractivity contribution in [3.63, 3.8) is 0 Å². The van der Waals surface area contributed by atoms with Gasteiger partial charge in [-0.15, -0.1) is 0 Å². The highest BCUT2D eigenvalue weighted by Crippen LogP contribution is 2.25. The van der Waals surface area contributed by atoms with E-state index in [1.807, 2.05) is 30.3 Å². The SMILES string of the molecule is CCCN(c1nc2ccccc2cc1C#N)C1CNC1. The Morgan fingerprint density at radius 1 is 1.40 bits per heavy atom. The predicted molar refractivity (Wildman–Crippen MR) is 80.8 cm³/mol. The monoisotopic (exact) mass is 266 g/mol. The van der Waals surface area contributed by atoms with E-state index in [1.54, 1.807) is 0 Å². The van der Waals surface area contributed by atoms with Crippen LogP contribution in [0.25, 0.3) is 10.9 Å². The molecular formula is C16H18N4. The molecule has 0 atom stereocenters. The van der Waals surface area contributed by atoms with Gasteiger partial charge in [-0.2, -0.15) is 5.26 Å². The smallest absolute Gasteiger partial charge is 0.147 e. The molecule has 102 valence electrons. The van der Waals surface area contributed by atoms with Gasteiger partial charge in [0, 0.05) is 25.0 Å². The molecule has 0 unspecified atom stereocenters. The van der Waals surface area contributed by atoms with Crippen LogP contribution in [-0.4, -0.2) is 30.7 Å². The summed E-state index contributed by atoms with van der Waals surface area (Å²) < 4.78 is 0. The van der Waals surface area contributed by atoms with Gasteiger partial charge < -0.3 is 10.2 Å². The third-order valence-electron chi connectivity index (χ3n) is 3.76. The van der Waals surface area contributed by atoms with Crippen LogP contribution in [0.3, 0.4) is 0 Å². The first-order valence-corrected chi connectivity index (χ1v) is 7.10. The van der Waals surface area contributed by atoms with Crippen molar-refractivity contribution in [2.75, 3.05) is 24.5 Å². The average Bonchev–Trinajstić information content (AvgIpc) is 2.43. The molecule has 1 aliphatic heterocycles. The second-order valence-corrected chi connectivity index (χ2v) is 5.17. The zero-order valence-electron chi connectivity index (χ0n) is 11.6. The normalized spacial score (nSPS) is 14.8. The molecule has 0 bridgehead atoms. The first kappa shape index (κ1) is 12.9. The van der Waals surface area contributed by atoms with Gasteiger partial charge in [0.25, 0.3) is 0 Å². The molecule has 2 heterocycles. The molecule has 1 aliphatic rings. The molecule has 4 nitrogen and oxygen atoms in total. The standard InChI is InChI=1S/C16H18N4/c1-2-7-20(14-10-18-11-14)16-13(9-17)8-12-5-3-4-6-15(12)19-16/h3-6,8,14,18H,2,7,10-11H2,1H3. The van der Waals surface area contributed by atoms with Gasteiger partial charge >= 0.3 is 0 Å². The van der Waals surface area contributed by atoms with E-state index in [1.165, 1.54) is 0 Å². The highest BCUT2D eigenvalue weighted by molar-refractivity contribution is 5.83. The van der Waals surface area contributed by atoms with E-state index in [9.17, 15) is 5.26 Å². The third-order valence-corrected chi connectivity index (χ3v) is 3.76. The fourth-order valence-corrected chi connectivity index (χ4v) is 2.60. The van der Waals surface area contributed by atoms with E-state index in [2.05, 4.69) is 23.2 Å². The van der Waals surface area contributed by atoms with E-state index in [0.717, 1.165) is 42.8 Å². The van der Waals surface area contributed by atoms with Crippen LogP contribution in [0.4, 0.5) is 5.82 Å². The minimum Gasteiger partial charge on any atom is -0.350 e. The number of nitrogens with zero attached hydrogens (tertiary/aromatic N) is 3. The Hall–Kier alpha value is -2.12. The van der Waals surface area contributed by atoms with Crippen molar-refractivity contribution in [3.05, 3.63) is 35.9 Å². The Morgan fingerprint density at radius 3 is 2.85 bits per heavy atom.